The van der Waals surface area contributed by atoms with E-state index in [0.29, 0.717) is 45.4 Å². The summed E-state index contributed by atoms with van der Waals surface area (Å²) in [7, 11) is 0. The first-order chi connectivity index (χ1) is 13.1. The zero-order valence-electron chi connectivity index (χ0n) is 15.3. The first-order valence-corrected chi connectivity index (χ1v) is 9.19. The molecule has 1 aromatic rings. The van der Waals surface area contributed by atoms with Gasteiger partial charge in [-0.2, -0.15) is 0 Å². The summed E-state index contributed by atoms with van der Waals surface area (Å²) >= 11 is 0. The largest absolute Gasteiger partial charge is 0.480 e. The molecule has 0 aromatic heterocycles. The van der Waals surface area contributed by atoms with Crippen LogP contribution in [0.1, 0.15) is 24.8 Å². The summed E-state index contributed by atoms with van der Waals surface area (Å²) in [5, 5.41) is 18.7. The van der Waals surface area contributed by atoms with Crippen LogP contribution in [0.25, 0.3) is 0 Å². The lowest BCUT2D eigenvalue weighted by atomic mass is 10.1. The van der Waals surface area contributed by atoms with E-state index >= 15 is 0 Å². The molecule has 1 heterocycles. The molecule has 2 N–H and O–H groups in total. The smallest absolute Gasteiger partial charge is 0.410 e. The second-order valence-electron chi connectivity index (χ2n) is 6.46. The minimum absolute atomic E-state index is 0.114. The first kappa shape index (κ1) is 20.9. The monoisotopic (exact) mass is 377 g/mol. The van der Waals surface area contributed by atoms with Crippen molar-refractivity contribution < 1.29 is 29.3 Å². The number of benzene rings is 1. The second kappa shape index (κ2) is 11.4. The van der Waals surface area contributed by atoms with Gasteiger partial charge in [-0.25, -0.2) is 9.59 Å². The zero-order chi connectivity index (χ0) is 19.5. The summed E-state index contributed by atoms with van der Waals surface area (Å²) in [6, 6.07) is 9.62. The van der Waals surface area contributed by atoms with Gasteiger partial charge in [-0.05, 0) is 18.4 Å². The minimum atomic E-state index is -0.992. The van der Waals surface area contributed by atoms with Gasteiger partial charge in [0.15, 0.2) is 0 Å². The molecule has 148 valence electrons. The number of amides is 1. The molecule has 2 rings (SSSR count). The van der Waals surface area contributed by atoms with E-state index in [4.69, 9.17) is 14.6 Å². The Morgan fingerprint density at radius 3 is 2.85 bits per heavy atom. The molecule has 27 heavy (non-hydrogen) atoms. The zero-order valence-corrected chi connectivity index (χ0v) is 15.3. The van der Waals surface area contributed by atoms with Crippen molar-refractivity contribution in [3.05, 3.63) is 48.0 Å². The molecule has 0 bridgehead atoms. The highest BCUT2D eigenvalue weighted by Gasteiger charge is 2.27. The minimum Gasteiger partial charge on any atom is -0.480 e. The third-order valence-electron chi connectivity index (χ3n) is 4.28. The quantitative estimate of drug-likeness (QED) is 0.453. The van der Waals surface area contributed by atoms with Crippen molar-refractivity contribution in [1.82, 2.24) is 4.90 Å². The molecule has 1 aliphatic heterocycles. The van der Waals surface area contributed by atoms with Crippen LogP contribution in [0.5, 0.6) is 0 Å². The number of rotatable bonds is 11. The molecular formula is C20H27NO6. The Hall–Kier alpha value is -2.38. The van der Waals surface area contributed by atoms with Crippen molar-refractivity contribution in [2.75, 3.05) is 26.4 Å². The topological polar surface area (TPSA) is 96.3 Å². The van der Waals surface area contributed by atoms with Crippen molar-refractivity contribution >= 4 is 12.1 Å². The number of carbonyl (C=O) groups excluding carboxylic acids is 1. The Morgan fingerprint density at radius 1 is 1.33 bits per heavy atom. The average Bonchev–Trinajstić information content (AvgIpc) is 2.65. The number of unbranched alkanes of at least 4 members (excludes halogenated alkanes) is 1. The Bertz CT molecular complexity index is 618. The van der Waals surface area contributed by atoms with Crippen molar-refractivity contribution in [2.45, 2.75) is 37.8 Å². The van der Waals surface area contributed by atoms with E-state index in [1.165, 1.54) is 0 Å². The lowest BCUT2D eigenvalue weighted by Gasteiger charge is -2.33. The number of aliphatic carboxylic acids is 1. The van der Waals surface area contributed by atoms with Crippen LogP contribution in [0.4, 0.5) is 4.79 Å². The lowest BCUT2D eigenvalue weighted by Crippen LogP contribution is -2.45. The fraction of sp³-hybridized carbons (Fsp3) is 0.500. The van der Waals surface area contributed by atoms with E-state index in [-0.39, 0.29) is 18.7 Å². The van der Waals surface area contributed by atoms with Gasteiger partial charge >= 0.3 is 12.1 Å². The fourth-order valence-corrected chi connectivity index (χ4v) is 2.92. The van der Waals surface area contributed by atoms with Crippen LogP contribution in [-0.2, 0) is 20.7 Å². The maximum absolute atomic E-state index is 12.0. The fourth-order valence-electron chi connectivity index (χ4n) is 2.92. The molecule has 7 heteroatoms. The van der Waals surface area contributed by atoms with E-state index in [2.05, 4.69) is 0 Å². The van der Waals surface area contributed by atoms with Gasteiger partial charge in [0.05, 0.1) is 18.8 Å². The Labute approximate surface area is 159 Å². The van der Waals surface area contributed by atoms with Crippen molar-refractivity contribution in [1.29, 1.82) is 0 Å². The van der Waals surface area contributed by atoms with E-state index < -0.39 is 12.1 Å². The summed E-state index contributed by atoms with van der Waals surface area (Å²) in [6.07, 6.45) is 5.17. The van der Waals surface area contributed by atoms with Crippen LogP contribution < -0.4 is 0 Å². The lowest BCUT2D eigenvalue weighted by molar-refractivity contribution is -0.142. The average molecular weight is 377 g/mol. The van der Waals surface area contributed by atoms with Crippen molar-refractivity contribution in [2.24, 2.45) is 0 Å². The van der Waals surface area contributed by atoms with Gasteiger partial charge in [-0.15, -0.1) is 0 Å². The number of aliphatic hydroxyl groups excluding tert-OH is 1. The Kier molecular flexibility index (Phi) is 8.80. The van der Waals surface area contributed by atoms with Gasteiger partial charge in [-0.1, -0.05) is 42.5 Å². The molecule has 1 saturated heterocycles. The van der Waals surface area contributed by atoms with Gasteiger partial charge in [0.25, 0.3) is 0 Å². The highest BCUT2D eigenvalue weighted by atomic mass is 16.6. The molecule has 1 unspecified atom stereocenters. The van der Waals surface area contributed by atoms with E-state index in [0.717, 1.165) is 5.56 Å². The van der Waals surface area contributed by atoms with Crippen LogP contribution in [0, 0.1) is 0 Å². The standard InChI is InChI=1S/C20H27NO6/c22-18(14-16-6-2-1-3-7-16)9-8-17-10-13-27-20(25)21(17)11-4-5-12-26-15-19(23)24/h1-3,6-9,17-18,22H,4-5,10-15H2,(H,23,24)/t17-,18?/m0/s1. The number of carbonyl (C=O) groups is 2. The third-order valence-corrected chi connectivity index (χ3v) is 4.28. The number of ether oxygens (including phenoxy) is 2. The summed E-state index contributed by atoms with van der Waals surface area (Å²) in [6.45, 7) is 0.891. The van der Waals surface area contributed by atoms with Crippen molar-refractivity contribution in [3.8, 4) is 0 Å². The third kappa shape index (κ3) is 7.80. The number of cyclic esters (lactones) is 1. The molecule has 2 atom stereocenters. The maximum Gasteiger partial charge on any atom is 0.410 e. The molecule has 7 nitrogen and oxygen atoms in total. The van der Waals surface area contributed by atoms with Crippen LogP contribution in [0.15, 0.2) is 42.5 Å². The highest BCUT2D eigenvalue weighted by molar-refractivity contribution is 5.69. The second-order valence-corrected chi connectivity index (χ2v) is 6.46. The summed E-state index contributed by atoms with van der Waals surface area (Å²) in [5.74, 6) is -0.992. The summed E-state index contributed by atoms with van der Waals surface area (Å²) < 4.78 is 10.1. The Morgan fingerprint density at radius 2 is 2.11 bits per heavy atom. The molecule has 1 amide bonds. The van der Waals surface area contributed by atoms with Crippen LogP contribution in [-0.4, -0.2) is 65.7 Å². The van der Waals surface area contributed by atoms with Gasteiger partial charge < -0.3 is 24.6 Å². The molecule has 0 aliphatic carbocycles. The molecule has 1 aliphatic rings. The number of nitrogens with zero attached hydrogens (tertiary/aromatic N) is 1. The highest BCUT2D eigenvalue weighted by Crippen LogP contribution is 2.16. The van der Waals surface area contributed by atoms with Crippen LogP contribution >= 0.6 is 0 Å². The normalized spacial score (nSPS) is 18.5. The van der Waals surface area contributed by atoms with Crippen molar-refractivity contribution in [3.63, 3.8) is 0 Å². The SMILES string of the molecule is O=C(O)COCCCCN1C(=O)OCC[C@@H]1C=CC(O)Cc1ccccc1. The van der Waals surface area contributed by atoms with Gasteiger partial charge in [0.1, 0.15) is 6.61 Å². The van der Waals surface area contributed by atoms with Gasteiger partial charge in [0, 0.05) is 26.0 Å². The van der Waals surface area contributed by atoms with Gasteiger partial charge in [0.2, 0.25) is 0 Å². The van der Waals surface area contributed by atoms with E-state index in [1.54, 1.807) is 11.0 Å². The number of aliphatic hydroxyl groups is 1. The van der Waals surface area contributed by atoms with E-state index in [1.807, 2.05) is 36.4 Å². The number of carboxylic acid groups (broad SMARTS) is 1. The molecule has 1 aromatic carbocycles. The molecule has 0 saturated carbocycles. The first-order valence-electron chi connectivity index (χ1n) is 9.19. The molecular weight excluding hydrogens is 350 g/mol. The van der Waals surface area contributed by atoms with Crippen LogP contribution in [0.3, 0.4) is 0 Å². The number of hydrogen-bond acceptors (Lipinski definition) is 5. The predicted molar refractivity (Wildman–Crippen MR) is 99.4 cm³/mol. The molecule has 1 fully saturated rings. The molecule has 0 spiro atoms. The maximum atomic E-state index is 12.0. The Balaban J connectivity index is 1.79. The predicted octanol–water partition coefficient (Wildman–Crippen LogP) is 2.24. The van der Waals surface area contributed by atoms with Gasteiger partial charge in [-0.3, -0.25) is 0 Å². The van der Waals surface area contributed by atoms with E-state index in [9.17, 15) is 14.7 Å². The van der Waals surface area contributed by atoms with Crippen LogP contribution in [0.2, 0.25) is 0 Å². The number of carboxylic acids is 1. The molecule has 0 radical (unpaired) electrons. The summed E-state index contributed by atoms with van der Waals surface area (Å²) in [5.41, 5.74) is 1.05. The number of hydrogen-bond donors (Lipinski definition) is 2. The summed E-state index contributed by atoms with van der Waals surface area (Å²) in [4.78, 5) is 24.1.